The highest BCUT2D eigenvalue weighted by atomic mass is 15.1. The van der Waals surface area contributed by atoms with E-state index in [1.165, 1.54) is 24.8 Å². The topological polar surface area (TPSA) is 3.24 Å². The summed E-state index contributed by atoms with van der Waals surface area (Å²) in [6, 6.07) is 0. The van der Waals surface area contributed by atoms with Gasteiger partial charge in [-0.2, -0.15) is 0 Å². The zero-order valence-electron chi connectivity index (χ0n) is 14.6. The van der Waals surface area contributed by atoms with Crippen LogP contribution >= 0.6 is 0 Å². The van der Waals surface area contributed by atoms with E-state index in [0.717, 1.165) is 26.1 Å². The van der Waals surface area contributed by atoms with Gasteiger partial charge >= 0.3 is 0 Å². The van der Waals surface area contributed by atoms with Crippen molar-refractivity contribution < 1.29 is 0 Å². The van der Waals surface area contributed by atoms with Gasteiger partial charge in [0.25, 0.3) is 0 Å². The van der Waals surface area contributed by atoms with Crippen LogP contribution in [0.2, 0.25) is 0 Å². The van der Waals surface area contributed by atoms with E-state index in [4.69, 9.17) is 0 Å². The van der Waals surface area contributed by atoms with E-state index < -0.39 is 0 Å². The Morgan fingerprint density at radius 2 is 1.83 bits per heavy atom. The number of hydrogen-bond donors (Lipinski definition) is 0. The van der Waals surface area contributed by atoms with Gasteiger partial charge < -0.3 is 0 Å². The molecular formula is C23H29N. The zero-order valence-corrected chi connectivity index (χ0v) is 14.6. The largest absolute Gasteiger partial charge is 0.295 e. The van der Waals surface area contributed by atoms with Crippen LogP contribution in [0.5, 0.6) is 0 Å². The maximum absolute atomic E-state index is 2.59. The van der Waals surface area contributed by atoms with E-state index >= 15 is 0 Å². The Morgan fingerprint density at radius 1 is 0.958 bits per heavy atom. The molecule has 0 aromatic heterocycles. The lowest BCUT2D eigenvalue weighted by Crippen LogP contribution is -2.31. The molecule has 0 N–H and O–H groups in total. The van der Waals surface area contributed by atoms with Crippen molar-refractivity contribution >= 4 is 0 Å². The average Bonchev–Trinajstić information content (AvgIpc) is 2.64. The van der Waals surface area contributed by atoms with Gasteiger partial charge in [-0.05, 0) is 43.1 Å². The van der Waals surface area contributed by atoms with E-state index in [-0.39, 0.29) is 0 Å². The highest BCUT2D eigenvalue weighted by molar-refractivity contribution is 5.24. The molecule has 3 aliphatic carbocycles. The number of hydrogen-bond acceptors (Lipinski definition) is 1. The summed E-state index contributed by atoms with van der Waals surface area (Å²) in [6.45, 7) is 3.24. The van der Waals surface area contributed by atoms with E-state index in [9.17, 15) is 0 Å². The van der Waals surface area contributed by atoms with E-state index in [2.05, 4.69) is 83.9 Å². The lowest BCUT2D eigenvalue weighted by Gasteiger charge is -2.26. The normalized spacial score (nSPS) is 25.8. The molecule has 0 saturated carbocycles. The summed E-state index contributed by atoms with van der Waals surface area (Å²) < 4.78 is 0. The van der Waals surface area contributed by atoms with Crippen LogP contribution in [0.3, 0.4) is 0 Å². The summed E-state index contributed by atoms with van der Waals surface area (Å²) in [5, 5.41) is 0. The molecule has 0 radical (unpaired) electrons. The van der Waals surface area contributed by atoms with Gasteiger partial charge in [0.15, 0.2) is 0 Å². The van der Waals surface area contributed by atoms with Gasteiger partial charge in [0.1, 0.15) is 0 Å². The molecule has 0 aromatic carbocycles. The van der Waals surface area contributed by atoms with Crippen LogP contribution in [0.1, 0.15) is 25.7 Å². The predicted octanol–water partition coefficient (Wildman–Crippen LogP) is 5.39. The first-order valence-corrected chi connectivity index (χ1v) is 9.31. The van der Waals surface area contributed by atoms with Crippen LogP contribution in [-0.2, 0) is 0 Å². The van der Waals surface area contributed by atoms with Crippen molar-refractivity contribution in [3.8, 4) is 0 Å². The molecule has 0 fully saturated rings. The van der Waals surface area contributed by atoms with E-state index in [0.29, 0.717) is 11.8 Å². The standard InChI is InChI=1S/C23H29N/c1-4-11-21(12-5-1)17-10-18-24(19-22-13-6-2-7-14-22)20-23-15-8-3-9-16-23/h1-2,4-8,10-11,13,15-17,21-22H,3,9,12,14,18-20H2/b17-10+. The van der Waals surface area contributed by atoms with Crippen LogP contribution in [0, 0.1) is 11.8 Å². The molecule has 3 rings (SSSR count). The van der Waals surface area contributed by atoms with Crippen molar-refractivity contribution in [2.45, 2.75) is 25.7 Å². The first-order chi connectivity index (χ1) is 11.9. The molecule has 0 saturated heterocycles. The van der Waals surface area contributed by atoms with Gasteiger partial charge in [-0.25, -0.2) is 0 Å². The molecule has 0 bridgehead atoms. The molecule has 1 nitrogen and oxygen atoms in total. The van der Waals surface area contributed by atoms with Crippen LogP contribution < -0.4 is 0 Å². The van der Waals surface area contributed by atoms with Crippen molar-refractivity contribution in [3.63, 3.8) is 0 Å². The quantitative estimate of drug-likeness (QED) is 0.569. The molecule has 0 aliphatic heterocycles. The molecule has 2 atom stereocenters. The molecule has 3 aliphatic rings. The minimum Gasteiger partial charge on any atom is -0.295 e. The minimum absolute atomic E-state index is 0.572. The Morgan fingerprint density at radius 3 is 2.54 bits per heavy atom. The molecular weight excluding hydrogens is 290 g/mol. The molecule has 1 heteroatoms. The maximum Gasteiger partial charge on any atom is 0.0234 e. The first-order valence-electron chi connectivity index (χ1n) is 9.31. The number of rotatable bonds is 7. The van der Waals surface area contributed by atoms with Crippen molar-refractivity contribution in [2.75, 3.05) is 19.6 Å². The second-order valence-electron chi connectivity index (χ2n) is 6.90. The maximum atomic E-state index is 2.59. The summed E-state index contributed by atoms with van der Waals surface area (Å²) >= 11 is 0. The molecule has 0 spiro atoms. The van der Waals surface area contributed by atoms with Crippen molar-refractivity contribution in [2.24, 2.45) is 11.8 Å². The van der Waals surface area contributed by atoms with Crippen LogP contribution in [0.4, 0.5) is 0 Å². The number of nitrogens with zero attached hydrogens (tertiary/aromatic N) is 1. The van der Waals surface area contributed by atoms with Gasteiger partial charge in [-0.15, -0.1) is 0 Å². The predicted molar refractivity (Wildman–Crippen MR) is 105 cm³/mol. The smallest absolute Gasteiger partial charge is 0.0234 e. The monoisotopic (exact) mass is 319 g/mol. The highest BCUT2D eigenvalue weighted by Gasteiger charge is 2.13. The summed E-state index contributed by atoms with van der Waals surface area (Å²) in [6.07, 6.45) is 34.3. The third-order valence-electron chi connectivity index (χ3n) is 4.80. The lowest BCUT2D eigenvalue weighted by molar-refractivity contribution is 0.294. The fraction of sp³-hybridized carbons (Fsp3) is 0.391. The van der Waals surface area contributed by atoms with Crippen molar-refractivity contribution in [1.29, 1.82) is 0 Å². The van der Waals surface area contributed by atoms with E-state index in [1.54, 1.807) is 0 Å². The highest BCUT2D eigenvalue weighted by Crippen LogP contribution is 2.17. The molecule has 126 valence electrons. The minimum atomic E-state index is 0.572. The first kappa shape index (κ1) is 17.0. The molecule has 2 unspecified atom stereocenters. The van der Waals surface area contributed by atoms with Crippen molar-refractivity contribution in [3.05, 3.63) is 84.6 Å². The summed E-state index contributed by atoms with van der Waals surface area (Å²) in [7, 11) is 0. The van der Waals surface area contributed by atoms with Gasteiger partial charge in [0, 0.05) is 19.6 Å². The third-order valence-corrected chi connectivity index (χ3v) is 4.80. The Labute approximate surface area is 147 Å². The average molecular weight is 319 g/mol. The summed E-state index contributed by atoms with van der Waals surface area (Å²) in [4.78, 5) is 2.59. The molecule has 0 amide bonds. The van der Waals surface area contributed by atoms with Gasteiger partial charge in [-0.3, -0.25) is 4.90 Å². The third kappa shape index (κ3) is 5.65. The molecule has 0 aromatic rings. The van der Waals surface area contributed by atoms with Gasteiger partial charge in [0.2, 0.25) is 0 Å². The van der Waals surface area contributed by atoms with E-state index in [1.807, 2.05) is 0 Å². The summed E-state index contributed by atoms with van der Waals surface area (Å²) in [5.41, 5.74) is 1.48. The van der Waals surface area contributed by atoms with Crippen molar-refractivity contribution in [1.82, 2.24) is 4.90 Å². The fourth-order valence-corrected chi connectivity index (χ4v) is 3.47. The Kier molecular flexibility index (Phi) is 6.68. The summed E-state index contributed by atoms with van der Waals surface area (Å²) in [5.74, 6) is 1.22. The number of allylic oxidation sites excluding steroid dienone is 10. The van der Waals surface area contributed by atoms with Crippen LogP contribution in [0.25, 0.3) is 0 Å². The second kappa shape index (κ2) is 9.44. The Hall–Kier alpha value is -1.86. The van der Waals surface area contributed by atoms with Crippen LogP contribution in [0.15, 0.2) is 84.6 Å². The van der Waals surface area contributed by atoms with Gasteiger partial charge in [-0.1, -0.05) is 79.0 Å². The fourth-order valence-electron chi connectivity index (χ4n) is 3.47. The molecule has 0 heterocycles. The molecule has 24 heavy (non-hydrogen) atoms. The Balaban J connectivity index is 1.56. The zero-order chi connectivity index (χ0) is 16.5. The van der Waals surface area contributed by atoms with Gasteiger partial charge in [0.05, 0.1) is 0 Å². The lowest BCUT2D eigenvalue weighted by atomic mass is 9.99. The SMILES string of the molecule is C1=CCC(/C=C/CN(CC2=CCCC=C2)CC2C=CC=CC2)C=C1. The van der Waals surface area contributed by atoms with Crippen LogP contribution in [-0.4, -0.2) is 24.5 Å². The Bertz CT molecular complexity index is 598. The second-order valence-corrected chi connectivity index (χ2v) is 6.90.